The molecule has 0 heterocycles. The lowest BCUT2D eigenvalue weighted by Crippen LogP contribution is -2.48. The lowest BCUT2D eigenvalue weighted by Gasteiger charge is -2.57. The first kappa shape index (κ1) is 15.8. The van der Waals surface area contributed by atoms with E-state index in [1.54, 1.807) is 38.5 Å². The van der Waals surface area contributed by atoms with Crippen LogP contribution < -0.4 is 5.32 Å². The maximum absolute atomic E-state index is 3.83. The minimum Gasteiger partial charge on any atom is -0.314 e. The Labute approximate surface area is 132 Å². The molecule has 4 saturated carbocycles. The van der Waals surface area contributed by atoms with Gasteiger partial charge in [-0.3, -0.25) is 0 Å². The minimum atomic E-state index is 0.756. The van der Waals surface area contributed by atoms with Crippen molar-refractivity contribution in [3.8, 4) is 0 Å². The van der Waals surface area contributed by atoms with Gasteiger partial charge in [0.2, 0.25) is 0 Å². The van der Waals surface area contributed by atoms with Crippen LogP contribution in [0.2, 0.25) is 0 Å². The summed E-state index contributed by atoms with van der Waals surface area (Å²) < 4.78 is 0. The zero-order valence-corrected chi connectivity index (χ0v) is 14.5. The van der Waals surface area contributed by atoms with Gasteiger partial charge in [0.1, 0.15) is 0 Å². The summed E-state index contributed by atoms with van der Waals surface area (Å²) in [7, 11) is 0. The van der Waals surface area contributed by atoms with Gasteiger partial charge in [-0.2, -0.15) is 0 Å². The van der Waals surface area contributed by atoms with Crippen molar-refractivity contribution in [2.24, 2.45) is 23.2 Å². The lowest BCUT2D eigenvalue weighted by atomic mass is 9.48. The van der Waals surface area contributed by atoms with Crippen LogP contribution in [0.15, 0.2) is 0 Å². The fourth-order valence-corrected chi connectivity index (χ4v) is 6.45. The van der Waals surface area contributed by atoms with Gasteiger partial charge in [-0.1, -0.05) is 39.5 Å². The summed E-state index contributed by atoms with van der Waals surface area (Å²) in [6.45, 7) is 5.76. The first-order valence-corrected chi connectivity index (χ1v) is 9.96. The van der Waals surface area contributed by atoms with Crippen molar-refractivity contribution in [2.45, 2.75) is 96.9 Å². The van der Waals surface area contributed by atoms with Crippen LogP contribution in [0.4, 0.5) is 0 Å². The molecule has 0 spiro atoms. The summed E-state index contributed by atoms with van der Waals surface area (Å²) in [5.74, 6) is 3.33. The van der Waals surface area contributed by atoms with Gasteiger partial charge in [0.05, 0.1) is 0 Å². The van der Waals surface area contributed by atoms with Crippen molar-refractivity contribution < 1.29 is 0 Å². The third-order valence-electron chi connectivity index (χ3n) is 6.74. The molecule has 4 rings (SSSR count). The predicted octanol–water partition coefficient (Wildman–Crippen LogP) is 5.54. The monoisotopic (exact) mass is 291 g/mol. The molecule has 122 valence electrons. The van der Waals surface area contributed by atoms with Crippen molar-refractivity contribution in [1.82, 2.24) is 5.32 Å². The second-order valence-corrected chi connectivity index (χ2v) is 8.73. The molecule has 1 atom stereocenters. The molecule has 0 amide bonds. The predicted molar refractivity (Wildman–Crippen MR) is 91.4 cm³/mol. The Morgan fingerprint density at radius 1 is 0.905 bits per heavy atom. The number of hydrogen-bond donors (Lipinski definition) is 1. The van der Waals surface area contributed by atoms with E-state index in [9.17, 15) is 0 Å². The second kappa shape index (κ2) is 7.02. The molecule has 1 heteroatoms. The van der Waals surface area contributed by atoms with Gasteiger partial charge >= 0.3 is 0 Å². The molecule has 0 saturated heterocycles. The van der Waals surface area contributed by atoms with Gasteiger partial charge in [0.25, 0.3) is 0 Å². The van der Waals surface area contributed by atoms with Crippen molar-refractivity contribution in [3.05, 3.63) is 0 Å². The number of unbranched alkanes of at least 4 members (excludes halogenated alkanes) is 3. The SMILES string of the molecule is CCCCCCC(CC12CC3CC(CC(C3)C1)C2)NCC. The van der Waals surface area contributed by atoms with E-state index in [2.05, 4.69) is 19.2 Å². The fraction of sp³-hybridized carbons (Fsp3) is 1.00. The molecule has 0 aliphatic heterocycles. The Kier molecular flexibility index (Phi) is 5.30. The Balaban J connectivity index is 1.54. The molecule has 0 aromatic rings. The molecular formula is C20H37N. The first-order valence-electron chi connectivity index (χ1n) is 9.96. The van der Waals surface area contributed by atoms with Gasteiger partial charge in [0.15, 0.2) is 0 Å². The smallest absolute Gasteiger partial charge is 0.00722 e. The van der Waals surface area contributed by atoms with Crippen molar-refractivity contribution in [3.63, 3.8) is 0 Å². The van der Waals surface area contributed by atoms with E-state index in [-0.39, 0.29) is 0 Å². The summed E-state index contributed by atoms with van der Waals surface area (Å²) in [4.78, 5) is 0. The van der Waals surface area contributed by atoms with Crippen molar-refractivity contribution in [1.29, 1.82) is 0 Å². The molecule has 21 heavy (non-hydrogen) atoms. The molecular weight excluding hydrogens is 254 g/mol. The first-order chi connectivity index (χ1) is 10.2. The van der Waals surface area contributed by atoms with E-state index in [1.165, 1.54) is 38.5 Å². The highest BCUT2D eigenvalue weighted by molar-refractivity contribution is 5.02. The summed E-state index contributed by atoms with van der Waals surface area (Å²) in [6, 6.07) is 0.808. The van der Waals surface area contributed by atoms with Gasteiger partial charge < -0.3 is 5.32 Å². The summed E-state index contributed by atoms with van der Waals surface area (Å²) in [6.07, 6.45) is 18.1. The average Bonchev–Trinajstić information content (AvgIpc) is 2.42. The lowest BCUT2D eigenvalue weighted by molar-refractivity contribution is -0.0623. The van der Waals surface area contributed by atoms with Crippen LogP contribution in [0.5, 0.6) is 0 Å². The Hall–Kier alpha value is -0.0400. The molecule has 0 aromatic carbocycles. The van der Waals surface area contributed by atoms with Crippen LogP contribution in [0.25, 0.3) is 0 Å². The van der Waals surface area contributed by atoms with E-state index < -0.39 is 0 Å². The molecule has 4 aliphatic carbocycles. The molecule has 0 aromatic heterocycles. The van der Waals surface area contributed by atoms with E-state index in [0.717, 1.165) is 35.8 Å². The second-order valence-electron chi connectivity index (χ2n) is 8.73. The number of hydrogen-bond acceptors (Lipinski definition) is 1. The number of rotatable bonds is 9. The molecule has 4 bridgehead atoms. The molecule has 4 aliphatic rings. The normalized spacial score (nSPS) is 38.9. The zero-order chi connectivity index (χ0) is 14.7. The van der Waals surface area contributed by atoms with Crippen LogP contribution in [0.1, 0.15) is 90.9 Å². The van der Waals surface area contributed by atoms with E-state index in [1.807, 2.05) is 0 Å². The molecule has 1 unspecified atom stereocenters. The van der Waals surface area contributed by atoms with Crippen molar-refractivity contribution >= 4 is 0 Å². The Morgan fingerprint density at radius 2 is 1.52 bits per heavy atom. The minimum absolute atomic E-state index is 0.756. The van der Waals surface area contributed by atoms with Gasteiger partial charge in [0, 0.05) is 6.04 Å². The highest BCUT2D eigenvalue weighted by Gasteiger charge is 2.51. The summed E-state index contributed by atoms with van der Waals surface area (Å²) >= 11 is 0. The molecule has 1 nitrogen and oxygen atoms in total. The Bertz CT molecular complexity index is 287. The van der Waals surface area contributed by atoms with Gasteiger partial charge in [-0.25, -0.2) is 0 Å². The quantitative estimate of drug-likeness (QED) is 0.550. The standard InChI is InChI=1S/C20H37N/c1-3-5-6-7-8-19(21-4-2)15-20-12-16-9-17(13-20)11-18(10-16)14-20/h16-19,21H,3-15H2,1-2H3. The third kappa shape index (κ3) is 3.84. The maximum Gasteiger partial charge on any atom is 0.00722 e. The molecule has 4 fully saturated rings. The molecule has 1 N–H and O–H groups in total. The topological polar surface area (TPSA) is 12.0 Å². The van der Waals surface area contributed by atoms with Crippen LogP contribution in [-0.4, -0.2) is 12.6 Å². The average molecular weight is 292 g/mol. The van der Waals surface area contributed by atoms with Crippen LogP contribution in [0.3, 0.4) is 0 Å². The fourth-order valence-electron chi connectivity index (χ4n) is 6.45. The van der Waals surface area contributed by atoms with E-state index in [0.29, 0.717) is 0 Å². The Morgan fingerprint density at radius 3 is 2.05 bits per heavy atom. The largest absolute Gasteiger partial charge is 0.314 e. The molecule has 0 radical (unpaired) electrons. The van der Waals surface area contributed by atoms with Gasteiger partial charge in [-0.15, -0.1) is 0 Å². The maximum atomic E-state index is 3.83. The zero-order valence-electron chi connectivity index (χ0n) is 14.5. The van der Waals surface area contributed by atoms with E-state index in [4.69, 9.17) is 0 Å². The van der Waals surface area contributed by atoms with Crippen LogP contribution in [-0.2, 0) is 0 Å². The summed E-state index contributed by atoms with van der Waals surface area (Å²) in [5, 5.41) is 3.83. The highest BCUT2D eigenvalue weighted by atomic mass is 14.9. The third-order valence-corrected chi connectivity index (χ3v) is 6.74. The van der Waals surface area contributed by atoms with Crippen LogP contribution >= 0.6 is 0 Å². The van der Waals surface area contributed by atoms with E-state index >= 15 is 0 Å². The van der Waals surface area contributed by atoms with Crippen molar-refractivity contribution in [2.75, 3.05) is 6.54 Å². The summed E-state index contributed by atoms with van der Waals surface area (Å²) in [5.41, 5.74) is 0.756. The van der Waals surface area contributed by atoms with Gasteiger partial charge in [-0.05, 0) is 81.1 Å². The van der Waals surface area contributed by atoms with Crippen LogP contribution in [0, 0.1) is 23.2 Å². The highest BCUT2D eigenvalue weighted by Crippen LogP contribution is 2.61. The number of nitrogens with one attached hydrogen (secondary N) is 1.